The fraction of sp³-hybridized carbons (Fsp3) is 0.278. The second kappa shape index (κ2) is 9.44. The van der Waals surface area contributed by atoms with Crippen LogP contribution in [0.2, 0.25) is 0 Å². The molecule has 0 aliphatic carbocycles. The maximum Gasteiger partial charge on any atom is 0.244 e. The van der Waals surface area contributed by atoms with Crippen molar-refractivity contribution in [3.05, 3.63) is 59.9 Å². The quantitative estimate of drug-likeness (QED) is 0.497. The van der Waals surface area contributed by atoms with Crippen LogP contribution in [0.4, 0.5) is 4.39 Å². The zero-order chi connectivity index (χ0) is 21.7. The van der Waals surface area contributed by atoms with Gasteiger partial charge in [0.15, 0.2) is 0 Å². The zero-order valence-corrected chi connectivity index (χ0v) is 17.5. The Morgan fingerprint density at radius 1 is 0.966 bits per heavy atom. The highest BCUT2D eigenvalue weighted by atomic mass is 32.2. The van der Waals surface area contributed by atoms with E-state index in [9.17, 15) is 26.0 Å². The van der Waals surface area contributed by atoms with Crippen LogP contribution in [0, 0.1) is 12.7 Å². The Hall–Kier alpha value is -2.34. The highest BCUT2D eigenvalue weighted by Gasteiger charge is 2.24. The molecule has 2 rings (SSSR count). The lowest BCUT2D eigenvalue weighted by atomic mass is 10.2. The number of carbonyl (C=O) groups excluding carboxylic acids is 1. The molecular weight excluding hydrogens is 421 g/mol. The van der Waals surface area contributed by atoms with Gasteiger partial charge in [0.25, 0.3) is 0 Å². The predicted molar refractivity (Wildman–Crippen MR) is 106 cm³/mol. The third kappa shape index (κ3) is 6.32. The Labute approximate surface area is 169 Å². The number of aryl methyl sites for hydroxylation is 1. The van der Waals surface area contributed by atoms with E-state index in [1.807, 2.05) is 6.92 Å². The van der Waals surface area contributed by atoms with Crippen LogP contribution in [-0.2, 0) is 24.8 Å². The average Bonchev–Trinajstić information content (AvgIpc) is 2.65. The third-order valence-electron chi connectivity index (χ3n) is 3.90. The number of amides is 1. The summed E-state index contributed by atoms with van der Waals surface area (Å²) in [6.45, 7) is 2.98. The molecule has 29 heavy (non-hydrogen) atoms. The van der Waals surface area contributed by atoms with Crippen molar-refractivity contribution in [2.45, 2.75) is 29.7 Å². The molecule has 8 nitrogen and oxygen atoms in total. The summed E-state index contributed by atoms with van der Waals surface area (Å²) in [6, 6.07) is 9.88. The van der Waals surface area contributed by atoms with Crippen molar-refractivity contribution in [1.82, 2.24) is 14.8 Å². The Morgan fingerprint density at radius 3 is 2.21 bits per heavy atom. The van der Waals surface area contributed by atoms with E-state index in [-0.39, 0.29) is 18.0 Å². The van der Waals surface area contributed by atoms with Gasteiger partial charge in [-0.3, -0.25) is 4.79 Å². The Balaban J connectivity index is 1.86. The Bertz CT molecular complexity index is 1070. The largest absolute Gasteiger partial charge is 0.353 e. The second-order valence-electron chi connectivity index (χ2n) is 6.28. The van der Waals surface area contributed by atoms with Gasteiger partial charge >= 0.3 is 0 Å². The molecular formula is C18H22FN3O5S2. The number of benzene rings is 2. The summed E-state index contributed by atoms with van der Waals surface area (Å²) in [6.07, 6.45) is 0. The number of sulfonamides is 2. The summed E-state index contributed by atoms with van der Waals surface area (Å²) in [4.78, 5) is 11.6. The first-order valence-electron chi connectivity index (χ1n) is 8.64. The van der Waals surface area contributed by atoms with E-state index in [0.29, 0.717) is 0 Å². The van der Waals surface area contributed by atoms with E-state index in [1.165, 1.54) is 31.2 Å². The molecule has 0 heterocycles. The van der Waals surface area contributed by atoms with Crippen LogP contribution in [0.3, 0.4) is 0 Å². The second-order valence-corrected chi connectivity index (χ2v) is 9.72. The summed E-state index contributed by atoms with van der Waals surface area (Å²) in [5.74, 6) is -1.61. The van der Waals surface area contributed by atoms with E-state index in [1.54, 1.807) is 12.1 Å². The molecule has 0 fully saturated rings. The summed E-state index contributed by atoms with van der Waals surface area (Å²) in [7, 11) is -7.95. The number of hydrogen-bond acceptors (Lipinski definition) is 5. The molecule has 0 bridgehead atoms. The molecule has 0 saturated heterocycles. The highest BCUT2D eigenvalue weighted by Crippen LogP contribution is 2.13. The first kappa shape index (κ1) is 22.9. The minimum atomic E-state index is -4.23. The monoisotopic (exact) mass is 443 g/mol. The van der Waals surface area contributed by atoms with E-state index < -0.39 is 42.7 Å². The van der Waals surface area contributed by atoms with Gasteiger partial charge in [0, 0.05) is 13.1 Å². The highest BCUT2D eigenvalue weighted by molar-refractivity contribution is 7.89. The SMILES string of the molecule is Cc1ccc(S(=O)(=O)NCCNC(=O)[C@H](C)NS(=O)(=O)c2ccccc2F)cc1. The van der Waals surface area contributed by atoms with Gasteiger partial charge in [0.05, 0.1) is 10.9 Å². The minimum absolute atomic E-state index is 0.0598. The predicted octanol–water partition coefficient (Wildman–Crippen LogP) is 0.896. The standard InChI is InChI=1S/C18H22FN3O5S2/c1-13-7-9-15(10-8-13)28(24,25)21-12-11-20-18(23)14(2)22-29(26,27)17-6-4-3-5-16(17)19/h3-10,14,21-22H,11-12H2,1-2H3,(H,20,23)/t14-/m0/s1. The average molecular weight is 444 g/mol. The fourth-order valence-corrected chi connectivity index (χ4v) is 4.65. The molecule has 0 spiro atoms. The lowest BCUT2D eigenvalue weighted by Gasteiger charge is -2.15. The number of nitrogens with one attached hydrogen (secondary N) is 3. The number of halogens is 1. The molecule has 0 aromatic heterocycles. The van der Waals surface area contributed by atoms with E-state index in [2.05, 4.69) is 14.8 Å². The van der Waals surface area contributed by atoms with Crippen LogP contribution >= 0.6 is 0 Å². The summed E-state index contributed by atoms with van der Waals surface area (Å²) >= 11 is 0. The Morgan fingerprint density at radius 2 is 1.59 bits per heavy atom. The maximum atomic E-state index is 13.7. The molecule has 158 valence electrons. The van der Waals surface area contributed by atoms with Crippen molar-refractivity contribution in [3.63, 3.8) is 0 Å². The van der Waals surface area contributed by atoms with Gasteiger partial charge in [-0.05, 0) is 38.1 Å². The topological polar surface area (TPSA) is 121 Å². The van der Waals surface area contributed by atoms with Crippen LogP contribution in [0.15, 0.2) is 58.3 Å². The number of rotatable bonds is 9. The molecule has 1 amide bonds. The van der Waals surface area contributed by atoms with E-state index in [0.717, 1.165) is 17.7 Å². The number of carbonyl (C=O) groups is 1. The van der Waals surface area contributed by atoms with Gasteiger partial charge in [-0.1, -0.05) is 29.8 Å². The molecule has 2 aromatic rings. The van der Waals surface area contributed by atoms with Crippen molar-refractivity contribution < 1.29 is 26.0 Å². The van der Waals surface area contributed by atoms with Crippen LogP contribution in [0.1, 0.15) is 12.5 Å². The van der Waals surface area contributed by atoms with Crippen LogP contribution in [0.5, 0.6) is 0 Å². The fourth-order valence-electron chi connectivity index (χ4n) is 2.34. The lowest BCUT2D eigenvalue weighted by molar-refractivity contribution is -0.122. The summed E-state index contributed by atoms with van der Waals surface area (Å²) in [5.41, 5.74) is 0.919. The normalized spacial score (nSPS) is 13.1. The first-order chi connectivity index (χ1) is 13.5. The molecule has 0 unspecified atom stereocenters. The van der Waals surface area contributed by atoms with Gasteiger partial charge in [-0.15, -0.1) is 0 Å². The number of hydrogen-bond donors (Lipinski definition) is 3. The summed E-state index contributed by atoms with van der Waals surface area (Å²) in [5, 5.41) is 2.42. The van der Waals surface area contributed by atoms with Gasteiger partial charge in [-0.25, -0.2) is 25.9 Å². The maximum absolute atomic E-state index is 13.7. The molecule has 11 heteroatoms. The molecule has 0 aliphatic rings. The zero-order valence-electron chi connectivity index (χ0n) is 15.8. The van der Waals surface area contributed by atoms with E-state index in [4.69, 9.17) is 0 Å². The third-order valence-corrected chi connectivity index (χ3v) is 6.95. The molecule has 0 saturated carbocycles. The molecule has 2 aromatic carbocycles. The van der Waals surface area contributed by atoms with Crippen molar-refractivity contribution in [2.75, 3.05) is 13.1 Å². The Kier molecular flexibility index (Phi) is 7.47. The molecule has 3 N–H and O–H groups in total. The van der Waals surface area contributed by atoms with Gasteiger partial charge < -0.3 is 5.32 Å². The summed E-state index contributed by atoms with van der Waals surface area (Å²) < 4.78 is 66.8. The molecule has 0 aliphatic heterocycles. The van der Waals surface area contributed by atoms with Crippen molar-refractivity contribution in [3.8, 4) is 0 Å². The minimum Gasteiger partial charge on any atom is -0.353 e. The van der Waals surface area contributed by atoms with Crippen molar-refractivity contribution in [1.29, 1.82) is 0 Å². The first-order valence-corrected chi connectivity index (χ1v) is 11.6. The van der Waals surface area contributed by atoms with Gasteiger partial charge in [-0.2, -0.15) is 4.72 Å². The van der Waals surface area contributed by atoms with Crippen molar-refractivity contribution >= 4 is 26.0 Å². The van der Waals surface area contributed by atoms with Gasteiger partial charge in [0.1, 0.15) is 10.7 Å². The molecule has 0 radical (unpaired) electrons. The smallest absolute Gasteiger partial charge is 0.244 e. The van der Waals surface area contributed by atoms with E-state index >= 15 is 0 Å². The van der Waals surface area contributed by atoms with Crippen LogP contribution < -0.4 is 14.8 Å². The lowest BCUT2D eigenvalue weighted by Crippen LogP contribution is -2.46. The van der Waals surface area contributed by atoms with Crippen LogP contribution in [0.25, 0.3) is 0 Å². The van der Waals surface area contributed by atoms with Gasteiger partial charge in [0.2, 0.25) is 26.0 Å². The van der Waals surface area contributed by atoms with Crippen LogP contribution in [-0.4, -0.2) is 41.9 Å². The van der Waals surface area contributed by atoms with Crippen molar-refractivity contribution in [2.24, 2.45) is 0 Å². The molecule has 1 atom stereocenters.